The van der Waals surface area contributed by atoms with Gasteiger partial charge in [-0.05, 0) is 84.4 Å². The largest absolute Gasteiger partial charge is 0.305 e. The van der Waals surface area contributed by atoms with Gasteiger partial charge in [0.2, 0.25) is 0 Å². The first-order valence-corrected chi connectivity index (χ1v) is 28.2. The van der Waals surface area contributed by atoms with Gasteiger partial charge in [0, 0.05) is 65.3 Å². The average Bonchev–Trinajstić information content (AvgIpc) is 1.98. The Balaban J connectivity index is 1.08. The predicted molar refractivity (Wildman–Crippen MR) is 344 cm³/mol. The summed E-state index contributed by atoms with van der Waals surface area (Å²) in [7, 11) is 0. The lowest BCUT2D eigenvalue weighted by Crippen LogP contribution is -2.16. The molecule has 0 aliphatic heterocycles. The summed E-state index contributed by atoms with van der Waals surface area (Å²) in [4.78, 5) is 16.8. The van der Waals surface area contributed by atoms with Gasteiger partial charge in [0.1, 0.15) is 11.4 Å². The smallest absolute Gasteiger partial charge is 0.165 e. The maximum Gasteiger partial charge on any atom is 0.165 e. The third-order valence-corrected chi connectivity index (χ3v) is 16.8. The second-order valence-corrected chi connectivity index (χ2v) is 21.4. The second-order valence-electron chi connectivity index (χ2n) is 21.4. The molecular formula is C76H46N8. The zero-order valence-electron chi connectivity index (χ0n) is 45.1. The number of hydrogen-bond acceptors (Lipinski definition) is 4. The number of nitrogens with zero attached hydrogens (tertiary/aromatic N) is 8. The van der Waals surface area contributed by atoms with Gasteiger partial charge in [0.25, 0.3) is 0 Å². The highest BCUT2D eigenvalue weighted by Crippen LogP contribution is 2.49. The molecule has 0 unspecified atom stereocenters. The van der Waals surface area contributed by atoms with Gasteiger partial charge in [-0.25, -0.2) is 15.0 Å². The first-order valence-electron chi connectivity index (χ1n) is 28.2. The van der Waals surface area contributed by atoms with Crippen LogP contribution in [-0.2, 0) is 0 Å². The molecule has 6 heterocycles. The summed E-state index contributed by atoms with van der Waals surface area (Å²) in [6.07, 6.45) is 0. The Labute approximate surface area is 481 Å². The van der Waals surface area contributed by atoms with Crippen molar-refractivity contribution in [2.24, 2.45) is 0 Å². The molecule has 0 aliphatic carbocycles. The van der Waals surface area contributed by atoms with Crippen LogP contribution in [0, 0.1) is 11.3 Å². The standard InChI is InChI=1S/C76H46N8/c77-47-48-38-40-52(41-39-48)74-78-61(49-20-2-1-3-21-49)46-62(79-74)50-42-44-51(45-43-50)71-72(81-63-30-12-4-22-53(63)54-23-5-13-31-64(54)81)75(83-67-34-16-8-26-57(67)58-27-9-17-35-68(58)83)80-76(84-69-36-18-10-28-59(69)60-29-11-19-37-70(60)84)73(71)82-65-32-14-6-24-55(65)56-25-7-15-33-66(56)82/h1-46H. The molecule has 8 heteroatoms. The van der Waals surface area contributed by atoms with Gasteiger partial charge in [-0.1, -0.05) is 200 Å². The Morgan fingerprint density at radius 1 is 0.262 bits per heavy atom. The molecule has 0 saturated carbocycles. The highest BCUT2D eigenvalue weighted by Gasteiger charge is 2.32. The van der Waals surface area contributed by atoms with Gasteiger partial charge in [0.15, 0.2) is 17.5 Å². The fraction of sp³-hybridized carbons (Fsp3) is 0. The van der Waals surface area contributed by atoms with E-state index in [-0.39, 0.29) is 0 Å². The van der Waals surface area contributed by atoms with Crippen molar-refractivity contribution in [3.8, 4) is 74.1 Å². The van der Waals surface area contributed by atoms with Crippen LogP contribution in [0.15, 0.2) is 279 Å². The van der Waals surface area contributed by atoms with Gasteiger partial charge in [-0.3, -0.25) is 9.13 Å². The van der Waals surface area contributed by atoms with Crippen molar-refractivity contribution >= 4 is 87.2 Å². The SMILES string of the molecule is N#Cc1ccc(-c2nc(-c3ccccc3)cc(-c3ccc(-c4c(-n5c6ccccc6c6ccccc65)c(-n5c6ccccc6c6ccccc65)nc(-n5c6ccccc6c6ccccc65)c4-n4c5ccccc5c5ccccc54)cc3)n2)cc1. The molecule has 0 amide bonds. The van der Waals surface area contributed by atoms with Crippen LogP contribution in [0.25, 0.3) is 155 Å². The van der Waals surface area contributed by atoms with E-state index in [0.29, 0.717) is 11.4 Å². The molecule has 0 spiro atoms. The van der Waals surface area contributed by atoms with E-state index < -0.39 is 0 Å². The molecule has 0 atom stereocenters. The van der Waals surface area contributed by atoms with Crippen LogP contribution in [0.4, 0.5) is 0 Å². The number of aromatic nitrogens is 7. The Hall–Kier alpha value is -11.7. The molecule has 11 aromatic carbocycles. The normalized spacial score (nSPS) is 11.8. The Morgan fingerprint density at radius 3 is 0.893 bits per heavy atom. The molecule has 0 N–H and O–H groups in total. The molecule has 17 aromatic rings. The zero-order chi connectivity index (χ0) is 55.4. The fourth-order valence-corrected chi connectivity index (χ4v) is 13.2. The third-order valence-electron chi connectivity index (χ3n) is 16.8. The van der Waals surface area contributed by atoms with Crippen molar-refractivity contribution in [2.75, 3.05) is 0 Å². The van der Waals surface area contributed by atoms with E-state index in [4.69, 9.17) is 15.0 Å². The lowest BCUT2D eigenvalue weighted by molar-refractivity contribution is 0.961. The average molecular weight is 1070 g/mol. The van der Waals surface area contributed by atoms with Crippen LogP contribution in [0.5, 0.6) is 0 Å². The molecule has 6 aromatic heterocycles. The van der Waals surface area contributed by atoms with Crippen LogP contribution in [0.1, 0.15) is 5.56 Å². The summed E-state index contributed by atoms with van der Waals surface area (Å²) >= 11 is 0. The maximum atomic E-state index is 9.72. The molecule has 390 valence electrons. The fourth-order valence-electron chi connectivity index (χ4n) is 13.2. The van der Waals surface area contributed by atoms with Gasteiger partial charge in [-0.15, -0.1) is 0 Å². The van der Waals surface area contributed by atoms with Crippen LogP contribution in [0.3, 0.4) is 0 Å². The van der Waals surface area contributed by atoms with E-state index in [1.54, 1.807) is 0 Å². The minimum Gasteiger partial charge on any atom is -0.305 e. The number of rotatable bonds is 8. The third kappa shape index (κ3) is 7.09. The molecule has 17 rings (SSSR count). The minimum atomic E-state index is 0.572. The van der Waals surface area contributed by atoms with Crippen LogP contribution in [0.2, 0.25) is 0 Å². The quantitative estimate of drug-likeness (QED) is 0.152. The lowest BCUT2D eigenvalue weighted by Gasteiger charge is -2.27. The molecule has 8 nitrogen and oxygen atoms in total. The van der Waals surface area contributed by atoms with Crippen molar-refractivity contribution in [3.05, 3.63) is 285 Å². The van der Waals surface area contributed by atoms with E-state index >= 15 is 0 Å². The van der Waals surface area contributed by atoms with E-state index in [9.17, 15) is 5.26 Å². The van der Waals surface area contributed by atoms with Crippen LogP contribution < -0.4 is 0 Å². The van der Waals surface area contributed by atoms with Crippen molar-refractivity contribution in [1.82, 2.24) is 33.2 Å². The summed E-state index contributed by atoms with van der Waals surface area (Å²) in [5.41, 5.74) is 17.1. The van der Waals surface area contributed by atoms with Crippen molar-refractivity contribution in [1.29, 1.82) is 5.26 Å². The molecule has 0 fully saturated rings. The summed E-state index contributed by atoms with van der Waals surface area (Å²) in [6.45, 7) is 0. The van der Waals surface area contributed by atoms with E-state index in [1.807, 2.05) is 42.5 Å². The molecule has 84 heavy (non-hydrogen) atoms. The van der Waals surface area contributed by atoms with Crippen molar-refractivity contribution in [2.45, 2.75) is 0 Å². The number of fused-ring (bicyclic) bond motifs is 12. The van der Waals surface area contributed by atoms with E-state index in [1.165, 1.54) is 0 Å². The Kier molecular flexibility index (Phi) is 10.5. The van der Waals surface area contributed by atoms with Crippen LogP contribution in [-0.4, -0.2) is 33.2 Å². The first-order chi connectivity index (χ1) is 41.7. The Morgan fingerprint density at radius 2 is 0.548 bits per heavy atom. The van der Waals surface area contributed by atoms with Gasteiger partial charge in [-0.2, -0.15) is 5.26 Å². The number of para-hydroxylation sites is 8. The monoisotopic (exact) mass is 1070 g/mol. The maximum absolute atomic E-state index is 9.72. The molecule has 0 radical (unpaired) electrons. The molecule has 0 aliphatic rings. The minimum absolute atomic E-state index is 0.572. The van der Waals surface area contributed by atoms with Gasteiger partial charge >= 0.3 is 0 Å². The summed E-state index contributed by atoms with van der Waals surface area (Å²) in [5, 5.41) is 18.8. The van der Waals surface area contributed by atoms with Gasteiger partial charge in [0.05, 0.1) is 67.2 Å². The Bertz CT molecular complexity index is 5100. The number of benzene rings is 11. The summed E-state index contributed by atoms with van der Waals surface area (Å²) < 4.78 is 9.77. The topological polar surface area (TPSA) is 82.2 Å². The highest BCUT2D eigenvalue weighted by molar-refractivity contribution is 6.16. The van der Waals surface area contributed by atoms with Crippen LogP contribution >= 0.6 is 0 Å². The zero-order valence-corrected chi connectivity index (χ0v) is 45.1. The second kappa shape index (κ2) is 18.7. The van der Waals surface area contributed by atoms with E-state index in [2.05, 4.69) is 261 Å². The first kappa shape index (κ1) is 47.2. The van der Waals surface area contributed by atoms with Gasteiger partial charge < -0.3 is 9.13 Å². The highest BCUT2D eigenvalue weighted by atomic mass is 15.2. The predicted octanol–water partition coefficient (Wildman–Crippen LogP) is 18.8. The molecule has 0 saturated heterocycles. The summed E-state index contributed by atoms with van der Waals surface area (Å²) in [5.74, 6) is 2.12. The number of hydrogen-bond donors (Lipinski definition) is 0. The number of nitriles is 1. The number of pyridine rings is 1. The molecular weight excluding hydrogens is 1020 g/mol. The van der Waals surface area contributed by atoms with E-state index in [0.717, 1.165) is 149 Å². The molecule has 0 bridgehead atoms. The van der Waals surface area contributed by atoms with Crippen molar-refractivity contribution in [3.63, 3.8) is 0 Å². The summed E-state index contributed by atoms with van der Waals surface area (Å²) in [6, 6.07) is 101. The van der Waals surface area contributed by atoms with Crippen molar-refractivity contribution < 1.29 is 0 Å². The lowest BCUT2D eigenvalue weighted by atomic mass is 9.98.